The number of carbonyl (C=O) groups excluding carboxylic acids is 2. The number of urea groups is 1. The molecule has 2 heterocycles. The molecule has 2 N–H and O–H groups in total. The Morgan fingerprint density at radius 2 is 2.08 bits per heavy atom. The first kappa shape index (κ1) is 16.1. The van der Waals surface area contributed by atoms with Gasteiger partial charge in [-0.2, -0.15) is 0 Å². The molecule has 2 aliphatic rings. The van der Waals surface area contributed by atoms with Gasteiger partial charge in [-0.15, -0.1) is 0 Å². The van der Waals surface area contributed by atoms with Crippen LogP contribution in [0.1, 0.15) is 31.7 Å². The van der Waals surface area contributed by atoms with Crippen LogP contribution in [-0.4, -0.2) is 41.3 Å². The van der Waals surface area contributed by atoms with Gasteiger partial charge in [-0.1, -0.05) is 13.0 Å². The van der Waals surface area contributed by atoms with E-state index in [1.165, 1.54) is 0 Å². The van der Waals surface area contributed by atoms with Crippen molar-refractivity contribution in [1.29, 1.82) is 0 Å². The highest BCUT2D eigenvalue weighted by Crippen LogP contribution is 2.39. The van der Waals surface area contributed by atoms with Crippen LogP contribution in [0.25, 0.3) is 0 Å². The highest BCUT2D eigenvalue weighted by Gasteiger charge is 2.51. The topological polar surface area (TPSA) is 105 Å². The van der Waals surface area contributed by atoms with Crippen molar-refractivity contribution in [3.05, 3.63) is 23.8 Å². The average Bonchev–Trinajstić information content (AvgIpc) is 3.11. The second kappa shape index (κ2) is 6.03. The number of fused-ring (bicyclic) bond motifs is 1. The Kier molecular flexibility index (Phi) is 4.04. The molecule has 3 rings (SSSR count). The van der Waals surface area contributed by atoms with Gasteiger partial charge in [0.25, 0.3) is 5.91 Å². The lowest BCUT2D eigenvalue weighted by Crippen LogP contribution is -2.43. The zero-order valence-corrected chi connectivity index (χ0v) is 13.2. The lowest BCUT2D eigenvalue weighted by molar-refractivity contribution is -0.138. The highest BCUT2D eigenvalue weighted by molar-refractivity contribution is 6.07. The fourth-order valence-electron chi connectivity index (χ4n) is 3.02. The van der Waals surface area contributed by atoms with Crippen LogP contribution in [0.15, 0.2) is 18.2 Å². The Morgan fingerprint density at radius 3 is 2.79 bits per heavy atom. The predicted molar refractivity (Wildman–Crippen MR) is 81.6 cm³/mol. The molecule has 1 unspecified atom stereocenters. The maximum atomic E-state index is 12.9. The van der Waals surface area contributed by atoms with Crippen molar-refractivity contribution in [2.75, 3.05) is 13.3 Å². The van der Waals surface area contributed by atoms with Crippen molar-refractivity contribution in [3.63, 3.8) is 0 Å². The lowest BCUT2D eigenvalue weighted by Gasteiger charge is -2.26. The van der Waals surface area contributed by atoms with Gasteiger partial charge in [0.1, 0.15) is 5.54 Å². The van der Waals surface area contributed by atoms with E-state index in [1.807, 2.05) is 6.92 Å². The second-order valence-electron chi connectivity index (χ2n) is 5.71. The summed E-state index contributed by atoms with van der Waals surface area (Å²) in [6.45, 7) is 2.01. The molecule has 1 saturated heterocycles. The molecule has 1 atom stereocenters. The van der Waals surface area contributed by atoms with E-state index in [1.54, 1.807) is 18.2 Å². The smallest absolute Gasteiger partial charge is 0.325 e. The van der Waals surface area contributed by atoms with E-state index < -0.39 is 17.5 Å². The third-order valence-electron chi connectivity index (χ3n) is 4.34. The van der Waals surface area contributed by atoms with Crippen molar-refractivity contribution in [3.8, 4) is 11.5 Å². The summed E-state index contributed by atoms with van der Waals surface area (Å²) in [4.78, 5) is 36.8. The highest BCUT2D eigenvalue weighted by atomic mass is 16.7. The number of amides is 3. The number of carboxylic acids is 1. The molecule has 0 saturated carbocycles. The molecule has 0 spiro atoms. The average molecular weight is 334 g/mol. The van der Waals surface area contributed by atoms with E-state index in [-0.39, 0.29) is 32.1 Å². The molecule has 1 aromatic rings. The minimum Gasteiger partial charge on any atom is -0.481 e. The second-order valence-corrected chi connectivity index (χ2v) is 5.71. The summed E-state index contributed by atoms with van der Waals surface area (Å²) >= 11 is 0. The standard InChI is InChI=1S/C16H18N2O6/c1-2-16(10-5-6-11-12(8-10)24-9-23-11)14(21)18(15(22)17-16)7-3-4-13(19)20/h5-6,8H,2-4,7,9H2,1H3,(H,17,22)(H,19,20). The molecule has 8 heteroatoms. The van der Waals surface area contributed by atoms with Crippen molar-refractivity contribution in [2.45, 2.75) is 31.7 Å². The monoisotopic (exact) mass is 334 g/mol. The third-order valence-corrected chi connectivity index (χ3v) is 4.34. The molecule has 0 aliphatic carbocycles. The number of hydrogen-bond acceptors (Lipinski definition) is 5. The van der Waals surface area contributed by atoms with Gasteiger partial charge in [0, 0.05) is 13.0 Å². The lowest BCUT2D eigenvalue weighted by atomic mass is 9.87. The van der Waals surface area contributed by atoms with Crippen molar-refractivity contribution >= 4 is 17.9 Å². The van der Waals surface area contributed by atoms with Gasteiger partial charge in [-0.05, 0) is 30.5 Å². The summed E-state index contributed by atoms with van der Waals surface area (Å²) in [5, 5.41) is 11.5. The number of ether oxygens (including phenoxy) is 2. The van der Waals surface area contributed by atoms with Gasteiger partial charge >= 0.3 is 12.0 Å². The Morgan fingerprint density at radius 1 is 1.33 bits per heavy atom. The molecule has 1 aromatic carbocycles. The van der Waals surface area contributed by atoms with E-state index in [0.717, 1.165) is 4.90 Å². The van der Waals surface area contributed by atoms with Crippen LogP contribution in [0, 0.1) is 0 Å². The number of nitrogens with one attached hydrogen (secondary N) is 1. The van der Waals surface area contributed by atoms with Crippen molar-refractivity contribution in [2.24, 2.45) is 0 Å². The Hall–Kier alpha value is -2.77. The molecule has 128 valence electrons. The summed E-state index contributed by atoms with van der Waals surface area (Å²) in [5.74, 6) is -0.203. The van der Waals surface area contributed by atoms with Gasteiger partial charge in [0.05, 0.1) is 0 Å². The third kappa shape index (κ3) is 2.53. The van der Waals surface area contributed by atoms with Crippen LogP contribution < -0.4 is 14.8 Å². The number of rotatable bonds is 6. The van der Waals surface area contributed by atoms with Gasteiger partial charge in [0.2, 0.25) is 6.79 Å². The molecule has 24 heavy (non-hydrogen) atoms. The Bertz CT molecular complexity index is 704. The first-order valence-electron chi connectivity index (χ1n) is 7.74. The normalized spacial score (nSPS) is 22.0. The van der Waals surface area contributed by atoms with Crippen LogP contribution in [0.3, 0.4) is 0 Å². The Balaban J connectivity index is 1.86. The maximum absolute atomic E-state index is 12.9. The van der Waals surface area contributed by atoms with E-state index in [0.29, 0.717) is 23.5 Å². The zero-order valence-electron chi connectivity index (χ0n) is 13.2. The number of aliphatic carboxylic acids is 1. The number of carbonyl (C=O) groups is 3. The van der Waals surface area contributed by atoms with E-state index in [2.05, 4.69) is 5.32 Å². The van der Waals surface area contributed by atoms with E-state index in [4.69, 9.17) is 14.6 Å². The molecule has 0 radical (unpaired) electrons. The van der Waals surface area contributed by atoms with Gasteiger partial charge in [-0.25, -0.2) is 4.79 Å². The largest absolute Gasteiger partial charge is 0.481 e. The molecule has 0 bridgehead atoms. The molecular formula is C16H18N2O6. The summed E-state index contributed by atoms with van der Waals surface area (Å²) in [6, 6.07) is 4.63. The molecule has 2 aliphatic heterocycles. The first-order chi connectivity index (χ1) is 11.5. The number of imide groups is 1. The zero-order chi connectivity index (χ0) is 17.3. The molecule has 8 nitrogen and oxygen atoms in total. The van der Waals surface area contributed by atoms with Crippen molar-refractivity contribution < 1.29 is 29.0 Å². The number of benzene rings is 1. The van der Waals surface area contributed by atoms with Gasteiger partial charge in [-0.3, -0.25) is 14.5 Å². The molecule has 3 amide bonds. The quantitative estimate of drug-likeness (QED) is 0.763. The minimum atomic E-state index is -1.17. The van der Waals surface area contributed by atoms with Crippen LogP contribution in [0.5, 0.6) is 11.5 Å². The van der Waals surface area contributed by atoms with Crippen LogP contribution in [0.2, 0.25) is 0 Å². The summed E-state index contributed by atoms with van der Waals surface area (Å²) in [6.07, 6.45) is 0.488. The summed E-state index contributed by atoms with van der Waals surface area (Å²) in [5.41, 5.74) is -0.547. The summed E-state index contributed by atoms with van der Waals surface area (Å²) < 4.78 is 10.6. The fraction of sp³-hybridized carbons (Fsp3) is 0.438. The van der Waals surface area contributed by atoms with E-state index in [9.17, 15) is 14.4 Å². The predicted octanol–water partition coefficient (Wildman–Crippen LogP) is 1.44. The van der Waals surface area contributed by atoms with Gasteiger partial charge < -0.3 is 19.9 Å². The number of nitrogens with zero attached hydrogens (tertiary/aromatic N) is 1. The minimum absolute atomic E-state index is 0.0727. The van der Waals surface area contributed by atoms with Crippen LogP contribution >= 0.6 is 0 Å². The summed E-state index contributed by atoms with van der Waals surface area (Å²) in [7, 11) is 0. The molecule has 1 fully saturated rings. The van der Waals surface area contributed by atoms with Crippen LogP contribution in [0.4, 0.5) is 4.79 Å². The fourth-order valence-corrected chi connectivity index (χ4v) is 3.02. The van der Waals surface area contributed by atoms with Crippen molar-refractivity contribution in [1.82, 2.24) is 10.2 Å². The van der Waals surface area contributed by atoms with Gasteiger partial charge in [0.15, 0.2) is 11.5 Å². The first-order valence-corrected chi connectivity index (χ1v) is 7.74. The molecule has 0 aromatic heterocycles. The maximum Gasteiger partial charge on any atom is 0.325 e. The molecular weight excluding hydrogens is 316 g/mol. The van der Waals surface area contributed by atoms with E-state index >= 15 is 0 Å². The van der Waals surface area contributed by atoms with Crippen LogP contribution in [-0.2, 0) is 15.1 Å². The number of hydrogen-bond donors (Lipinski definition) is 2. The number of carboxylic acid groups (broad SMARTS) is 1. The SMILES string of the molecule is CCC1(c2ccc3c(c2)OCO3)NC(=O)N(CCCC(=O)O)C1=O. The Labute approximate surface area is 138 Å².